The minimum absolute atomic E-state index is 0.113. The molecule has 2 amide bonds. The molecule has 3 N–H and O–H groups in total. The van der Waals surface area contributed by atoms with E-state index in [1.807, 2.05) is 24.3 Å². The third kappa shape index (κ3) is 9.65. The number of hydrogen-bond donors (Lipinski definition) is 3. The number of benzene rings is 3. The highest BCUT2D eigenvalue weighted by molar-refractivity contribution is 9.10. The third-order valence-electron chi connectivity index (χ3n) is 13.6. The quantitative estimate of drug-likeness (QED) is 0.0721. The summed E-state index contributed by atoms with van der Waals surface area (Å²) in [5, 5.41) is 10.7. The highest BCUT2D eigenvalue weighted by Crippen LogP contribution is 2.42. The molecule has 68 heavy (non-hydrogen) atoms. The van der Waals surface area contributed by atoms with Gasteiger partial charge in [0, 0.05) is 98.2 Å². The molecule has 3 aliphatic rings. The van der Waals surface area contributed by atoms with Crippen molar-refractivity contribution in [3.05, 3.63) is 92.4 Å². The average Bonchev–Trinajstić information content (AvgIpc) is 3.66. The van der Waals surface area contributed by atoms with Gasteiger partial charge in [0.15, 0.2) is 5.58 Å². The second-order valence-electron chi connectivity index (χ2n) is 18.1. The Morgan fingerprint density at radius 1 is 0.926 bits per heavy atom. The van der Waals surface area contributed by atoms with E-state index >= 15 is 4.39 Å². The number of nitrogens with one attached hydrogen (secondary N) is 3. The Hall–Kier alpha value is -5.68. The molecule has 3 fully saturated rings. The molecule has 3 saturated heterocycles. The van der Waals surface area contributed by atoms with Crippen molar-refractivity contribution in [1.82, 2.24) is 34.6 Å². The summed E-state index contributed by atoms with van der Waals surface area (Å²) >= 11 is 3.62. The number of nitrogens with zero attached hydrogens (tertiary/aromatic N) is 7. The number of imide groups is 1. The molecule has 3 aromatic heterocycles. The summed E-state index contributed by atoms with van der Waals surface area (Å²) in [7, 11) is -1.09. The van der Waals surface area contributed by atoms with Crippen LogP contribution in [0.1, 0.15) is 62.4 Å². The second kappa shape index (κ2) is 19.7. The summed E-state index contributed by atoms with van der Waals surface area (Å²) in [4.78, 5) is 58.8. The maximum atomic E-state index is 15.3. The van der Waals surface area contributed by atoms with E-state index < -0.39 is 30.7 Å². The van der Waals surface area contributed by atoms with Gasteiger partial charge >= 0.3 is 5.76 Å². The maximum Gasteiger partial charge on any atom is 0.420 e. The van der Waals surface area contributed by atoms with Gasteiger partial charge in [-0.1, -0.05) is 19.9 Å². The molecule has 0 spiro atoms. The van der Waals surface area contributed by atoms with Crippen molar-refractivity contribution >= 4 is 91.0 Å². The fourth-order valence-electron chi connectivity index (χ4n) is 10.0. The molecule has 3 aliphatic heterocycles. The molecule has 0 aliphatic carbocycles. The van der Waals surface area contributed by atoms with Crippen molar-refractivity contribution in [1.29, 1.82) is 0 Å². The molecular weight excluding hydrogens is 954 g/mol. The van der Waals surface area contributed by atoms with E-state index in [1.165, 1.54) is 22.3 Å². The van der Waals surface area contributed by atoms with E-state index in [0.717, 1.165) is 98.2 Å². The van der Waals surface area contributed by atoms with E-state index in [4.69, 9.17) is 19.1 Å². The van der Waals surface area contributed by atoms with Crippen LogP contribution >= 0.6 is 23.1 Å². The maximum absolute atomic E-state index is 15.3. The number of carbonyl (C=O) groups is 2. The predicted molar refractivity (Wildman–Crippen MR) is 268 cm³/mol. The van der Waals surface area contributed by atoms with Crippen molar-refractivity contribution in [2.45, 2.75) is 70.9 Å². The van der Waals surface area contributed by atoms with Gasteiger partial charge in [-0.2, -0.15) is 4.98 Å². The Kier molecular flexibility index (Phi) is 13.8. The van der Waals surface area contributed by atoms with E-state index in [2.05, 4.69) is 77.5 Å². The number of fused-ring (bicyclic) bond motifs is 2. The number of aromatic nitrogens is 4. The van der Waals surface area contributed by atoms with Crippen LogP contribution in [-0.2, 0) is 33.4 Å². The van der Waals surface area contributed by atoms with E-state index in [-0.39, 0.29) is 24.3 Å². The first-order valence-corrected chi connectivity index (χ1v) is 26.8. The number of pyridine rings is 1. The topological polar surface area (TPSA) is 180 Å². The van der Waals surface area contributed by atoms with Gasteiger partial charge in [-0.25, -0.2) is 14.2 Å². The van der Waals surface area contributed by atoms with Crippen molar-refractivity contribution in [2.24, 2.45) is 0 Å². The zero-order valence-electron chi connectivity index (χ0n) is 39.0. The van der Waals surface area contributed by atoms with Gasteiger partial charge in [0.1, 0.15) is 30.6 Å². The predicted octanol–water partition coefficient (Wildman–Crippen LogP) is 7.51. The fraction of sp³-hybridized carbons (Fsp3) is 0.429. The van der Waals surface area contributed by atoms with Crippen molar-refractivity contribution in [2.75, 3.05) is 81.8 Å². The Bertz CT molecular complexity index is 3010. The Labute approximate surface area is 402 Å². The van der Waals surface area contributed by atoms with Crippen LogP contribution in [0.2, 0.25) is 0 Å². The van der Waals surface area contributed by atoms with Crippen LogP contribution in [0.5, 0.6) is 5.75 Å². The number of oxazole rings is 1. The number of ether oxygens (including phenoxy) is 1. The average molecular weight is 1010 g/mol. The number of hydrogen-bond acceptors (Lipinski definition) is 14. The lowest BCUT2D eigenvalue weighted by molar-refractivity contribution is -0.135. The zero-order chi connectivity index (χ0) is 47.9. The van der Waals surface area contributed by atoms with Gasteiger partial charge in [-0.3, -0.25) is 29.4 Å². The van der Waals surface area contributed by atoms with Crippen LogP contribution in [-0.4, -0.2) is 113 Å². The summed E-state index contributed by atoms with van der Waals surface area (Å²) in [6, 6.07) is 14.4. The van der Waals surface area contributed by atoms with Gasteiger partial charge in [-0.15, -0.1) is 0 Å². The molecule has 358 valence electrons. The zero-order valence-corrected chi connectivity index (χ0v) is 41.5. The molecule has 16 nitrogen and oxygen atoms in total. The van der Waals surface area contributed by atoms with Crippen molar-refractivity contribution in [3.63, 3.8) is 0 Å². The first-order valence-electron chi connectivity index (χ1n) is 23.4. The number of rotatable bonds is 14. The number of piperazine rings is 1. The first-order chi connectivity index (χ1) is 32.7. The number of anilines is 5. The van der Waals surface area contributed by atoms with Gasteiger partial charge in [0.25, 0.3) is 0 Å². The molecule has 19 heteroatoms. The number of piperidine rings is 2. The van der Waals surface area contributed by atoms with E-state index in [0.29, 0.717) is 57.8 Å². The summed E-state index contributed by atoms with van der Waals surface area (Å²) in [5.41, 5.74) is 6.39. The molecule has 3 aromatic carbocycles. The van der Waals surface area contributed by atoms with E-state index in [1.54, 1.807) is 26.6 Å². The Morgan fingerprint density at radius 3 is 2.41 bits per heavy atom. The standard InChI is InChI=1S/C49H57BrFN10O6P/c1-6-29-26-38(55-48-52-28-34(50)46(57-48)54-37-12-11-36-33(45(37)68(4,5)65)9-8-30(7-2)53-36)42(66-3)27-41(29)60-20-16-31(17-21-60)59-24-22-58(23-25-59)19-18-32-35(51)10-13-39-44(32)67-49(64)61(39)40-14-15-43(62)56-47(40)63/h8-13,26-28,31,40H,6-7,14-25H2,1-5H3,(H,56,62,63)(H2,52,54,55,57). The van der Waals surface area contributed by atoms with Gasteiger partial charge in [0.05, 0.1) is 34.0 Å². The summed E-state index contributed by atoms with van der Waals surface area (Å²) in [6.07, 6.45) is 6.00. The van der Waals surface area contributed by atoms with Crippen LogP contribution in [0.25, 0.3) is 22.0 Å². The van der Waals surface area contributed by atoms with Crippen molar-refractivity contribution < 1.29 is 27.7 Å². The fourth-order valence-corrected chi connectivity index (χ4v) is 11.8. The molecule has 0 saturated carbocycles. The number of aryl methyl sites for hydroxylation is 2. The highest BCUT2D eigenvalue weighted by atomic mass is 79.9. The summed E-state index contributed by atoms with van der Waals surface area (Å²) < 4.78 is 42.4. The van der Waals surface area contributed by atoms with Crippen LogP contribution in [0.15, 0.2) is 68.4 Å². The Balaban J connectivity index is 0.821. The molecule has 6 aromatic rings. The largest absolute Gasteiger partial charge is 0.494 e. The molecule has 1 atom stereocenters. The SMILES string of the molecule is CCc1ccc2c(P(C)(C)=O)c(Nc3nc(Nc4cc(CC)c(N5CCC(N6CCN(CCc7c(F)ccc8c7oc(=O)n8C7CCC(=O)NC7=O)CC6)CC5)cc4OC)ncc3Br)ccc2n1. The number of methoxy groups -OCH3 is 1. The van der Waals surface area contributed by atoms with Gasteiger partial charge in [-0.05, 0) is 110 Å². The first kappa shape index (κ1) is 47.4. The van der Waals surface area contributed by atoms with Crippen LogP contribution in [0.4, 0.5) is 33.2 Å². The molecule has 9 rings (SSSR count). The Morgan fingerprint density at radius 2 is 1.71 bits per heavy atom. The number of carbonyl (C=O) groups excluding carboxylic acids is 2. The number of amides is 2. The minimum atomic E-state index is -2.75. The van der Waals surface area contributed by atoms with Crippen LogP contribution < -0.4 is 36.6 Å². The molecule has 0 bridgehead atoms. The molecule has 0 radical (unpaired) electrons. The molecule has 1 unspecified atom stereocenters. The summed E-state index contributed by atoms with van der Waals surface area (Å²) in [5.74, 6) is -0.560. The lowest BCUT2D eigenvalue weighted by Crippen LogP contribution is -2.53. The van der Waals surface area contributed by atoms with Gasteiger partial charge in [0.2, 0.25) is 17.8 Å². The second-order valence-corrected chi connectivity index (χ2v) is 22.1. The normalized spacial score (nSPS) is 17.8. The smallest absolute Gasteiger partial charge is 0.420 e. The van der Waals surface area contributed by atoms with Crippen molar-refractivity contribution in [3.8, 4) is 5.75 Å². The third-order valence-corrected chi connectivity index (χ3v) is 15.7. The highest BCUT2D eigenvalue weighted by Gasteiger charge is 2.33. The lowest BCUT2D eigenvalue weighted by atomic mass is 9.99. The number of halogens is 2. The minimum Gasteiger partial charge on any atom is -0.494 e. The van der Waals surface area contributed by atoms with Crippen LogP contribution in [0.3, 0.4) is 0 Å². The molecular formula is C49H57BrFN10O6P. The van der Waals surface area contributed by atoms with Gasteiger partial charge < -0.3 is 34.2 Å². The summed E-state index contributed by atoms with van der Waals surface area (Å²) in [6.45, 7) is 13.7. The van der Waals surface area contributed by atoms with Crippen LogP contribution in [0, 0.1) is 5.82 Å². The monoisotopic (exact) mass is 1010 g/mol. The lowest BCUT2D eigenvalue weighted by Gasteiger charge is -2.43. The molecule has 6 heterocycles. The van der Waals surface area contributed by atoms with E-state index in [9.17, 15) is 18.9 Å².